The predicted octanol–water partition coefficient (Wildman–Crippen LogP) is 1.50. The van der Waals surface area contributed by atoms with E-state index in [4.69, 9.17) is 9.47 Å². The fourth-order valence-electron chi connectivity index (χ4n) is 1.51. The average molecular weight is 219 g/mol. The van der Waals surface area contributed by atoms with Gasteiger partial charge in [-0.3, -0.25) is 0 Å². The summed E-state index contributed by atoms with van der Waals surface area (Å²) in [5.74, 6) is 2.23. The van der Waals surface area contributed by atoms with Crippen LogP contribution in [-0.4, -0.2) is 29.0 Å². The molecule has 1 aromatic heterocycles. The summed E-state index contributed by atoms with van der Waals surface area (Å²) in [6.45, 7) is 0. The van der Waals surface area contributed by atoms with Gasteiger partial charge in [0.15, 0.2) is 5.82 Å². The minimum absolute atomic E-state index is 0.718. The van der Waals surface area contributed by atoms with Gasteiger partial charge in [0.25, 0.3) is 0 Å². The number of methoxy groups -OCH3 is 2. The van der Waals surface area contributed by atoms with Gasteiger partial charge in [0.2, 0.25) is 0 Å². The maximum absolute atomic E-state index is 5.31. The highest BCUT2D eigenvalue weighted by molar-refractivity contribution is 5.65. The van der Waals surface area contributed by atoms with Crippen LogP contribution in [0, 0.1) is 0 Å². The Balaban J connectivity index is 2.53. The van der Waals surface area contributed by atoms with Gasteiger partial charge in [0, 0.05) is 13.1 Å². The van der Waals surface area contributed by atoms with Crippen LogP contribution in [-0.2, 0) is 7.05 Å². The molecule has 2 rings (SSSR count). The van der Waals surface area contributed by atoms with Gasteiger partial charge in [-0.05, 0) is 12.1 Å². The minimum atomic E-state index is 0.718. The Morgan fingerprint density at radius 2 is 2.00 bits per heavy atom. The third-order valence-corrected chi connectivity index (χ3v) is 2.36. The molecule has 0 fully saturated rings. The molecule has 0 atom stereocenters. The molecule has 0 aliphatic carbocycles. The summed E-state index contributed by atoms with van der Waals surface area (Å²) in [5.41, 5.74) is 0.892. The van der Waals surface area contributed by atoms with E-state index in [1.54, 1.807) is 20.5 Å². The van der Waals surface area contributed by atoms with Crippen molar-refractivity contribution in [3.05, 3.63) is 24.5 Å². The Labute approximate surface area is 93.6 Å². The number of rotatable bonds is 3. The van der Waals surface area contributed by atoms with E-state index in [0.29, 0.717) is 0 Å². The molecule has 0 bridgehead atoms. The summed E-state index contributed by atoms with van der Waals surface area (Å²) in [6, 6.07) is 5.60. The quantitative estimate of drug-likeness (QED) is 0.785. The molecule has 0 saturated carbocycles. The maximum atomic E-state index is 5.31. The third kappa shape index (κ3) is 1.71. The summed E-state index contributed by atoms with van der Waals surface area (Å²) in [6.07, 6.45) is 1.65. The zero-order valence-corrected chi connectivity index (χ0v) is 9.47. The van der Waals surface area contributed by atoms with Crippen molar-refractivity contribution in [1.29, 1.82) is 0 Å². The number of benzene rings is 1. The molecular formula is C11H13N3O2. The van der Waals surface area contributed by atoms with Crippen LogP contribution in [0.25, 0.3) is 11.4 Å². The normalized spacial score (nSPS) is 10.2. The molecule has 0 spiro atoms. The standard InChI is InChI=1S/C11H13N3O2/c1-14-7-12-13-11(14)9-5-4-8(15-2)6-10(9)16-3/h4-7H,1-3H3. The fourth-order valence-corrected chi connectivity index (χ4v) is 1.51. The predicted molar refractivity (Wildman–Crippen MR) is 59.5 cm³/mol. The Hall–Kier alpha value is -2.04. The van der Waals surface area contributed by atoms with Gasteiger partial charge in [-0.25, -0.2) is 0 Å². The van der Waals surface area contributed by atoms with E-state index >= 15 is 0 Å². The monoisotopic (exact) mass is 219 g/mol. The van der Waals surface area contributed by atoms with Gasteiger partial charge in [-0.15, -0.1) is 10.2 Å². The Kier molecular flexibility index (Phi) is 2.76. The van der Waals surface area contributed by atoms with Crippen LogP contribution in [0.1, 0.15) is 0 Å². The van der Waals surface area contributed by atoms with Crippen molar-refractivity contribution in [2.24, 2.45) is 7.05 Å². The summed E-state index contributed by atoms with van der Waals surface area (Å²) in [4.78, 5) is 0. The second kappa shape index (κ2) is 4.22. The van der Waals surface area contributed by atoms with Gasteiger partial charge >= 0.3 is 0 Å². The van der Waals surface area contributed by atoms with Crippen molar-refractivity contribution < 1.29 is 9.47 Å². The van der Waals surface area contributed by atoms with E-state index in [1.807, 2.05) is 29.8 Å². The molecular weight excluding hydrogens is 206 g/mol. The largest absolute Gasteiger partial charge is 0.497 e. The lowest BCUT2D eigenvalue weighted by atomic mass is 10.2. The van der Waals surface area contributed by atoms with E-state index in [2.05, 4.69) is 10.2 Å². The van der Waals surface area contributed by atoms with Crippen LogP contribution in [0.3, 0.4) is 0 Å². The lowest BCUT2D eigenvalue weighted by molar-refractivity contribution is 0.395. The Morgan fingerprint density at radius 1 is 1.19 bits per heavy atom. The highest BCUT2D eigenvalue weighted by atomic mass is 16.5. The van der Waals surface area contributed by atoms with Crippen molar-refractivity contribution in [3.63, 3.8) is 0 Å². The van der Waals surface area contributed by atoms with Crippen LogP contribution in [0.4, 0.5) is 0 Å². The number of aromatic nitrogens is 3. The number of ether oxygens (including phenoxy) is 2. The van der Waals surface area contributed by atoms with Crippen molar-refractivity contribution in [3.8, 4) is 22.9 Å². The second-order valence-electron chi connectivity index (χ2n) is 3.33. The summed E-state index contributed by atoms with van der Waals surface area (Å²) < 4.78 is 12.3. The zero-order chi connectivity index (χ0) is 11.5. The SMILES string of the molecule is COc1ccc(-c2nncn2C)c(OC)c1. The number of nitrogens with zero attached hydrogens (tertiary/aromatic N) is 3. The summed E-state index contributed by atoms with van der Waals surface area (Å²) in [5, 5.41) is 7.88. The highest BCUT2D eigenvalue weighted by Gasteiger charge is 2.11. The van der Waals surface area contributed by atoms with Gasteiger partial charge in [0.1, 0.15) is 17.8 Å². The van der Waals surface area contributed by atoms with Crippen molar-refractivity contribution in [2.75, 3.05) is 14.2 Å². The van der Waals surface area contributed by atoms with E-state index in [-0.39, 0.29) is 0 Å². The van der Waals surface area contributed by atoms with Gasteiger partial charge in [-0.2, -0.15) is 0 Å². The third-order valence-electron chi connectivity index (χ3n) is 2.36. The molecule has 1 heterocycles. The van der Waals surface area contributed by atoms with E-state index in [0.717, 1.165) is 22.9 Å². The zero-order valence-electron chi connectivity index (χ0n) is 9.47. The average Bonchev–Trinajstić information content (AvgIpc) is 2.74. The van der Waals surface area contributed by atoms with Crippen LogP contribution < -0.4 is 9.47 Å². The van der Waals surface area contributed by atoms with Gasteiger partial charge < -0.3 is 14.0 Å². The first-order chi connectivity index (χ1) is 7.76. The lowest BCUT2D eigenvalue weighted by Gasteiger charge is -2.09. The Morgan fingerprint density at radius 3 is 2.56 bits per heavy atom. The first-order valence-electron chi connectivity index (χ1n) is 4.82. The smallest absolute Gasteiger partial charge is 0.167 e. The molecule has 84 valence electrons. The van der Waals surface area contributed by atoms with E-state index < -0.39 is 0 Å². The van der Waals surface area contributed by atoms with E-state index in [1.165, 1.54) is 0 Å². The number of hydrogen-bond acceptors (Lipinski definition) is 4. The molecule has 0 amide bonds. The topological polar surface area (TPSA) is 49.2 Å². The molecule has 1 aromatic carbocycles. The van der Waals surface area contributed by atoms with Crippen LogP contribution >= 0.6 is 0 Å². The van der Waals surface area contributed by atoms with Crippen molar-refractivity contribution >= 4 is 0 Å². The Bertz CT molecular complexity index is 494. The molecule has 0 N–H and O–H groups in total. The van der Waals surface area contributed by atoms with Gasteiger partial charge in [0.05, 0.1) is 19.8 Å². The molecule has 16 heavy (non-hydrogen) atoms. The molecule has 2 aromatic rings. The molecule has 0 unspecified atom stereocenters. The maximum Gasteiger partial charge on any atom is 0.167 e. The highest BCUT2D eigenvalue weighted by Crippen LogP contribution is 2.31. The molecule has 5 nitrogen and oxygen atoms in total. The number of aryl methyl sites for hydroxylation is 1. The van der Waals surface area contributed by atoms with Crippen molar-refractivity contribution in [1.82, 2.24) is 14.8 Å². The van der Waals surface area contributed by atoms with Crippen LogP contribution in [0.5, 0.6) is 11.5 Å². The van der Waals surface area contributed by atoms with Crippen LogP contribution in [0.2, 0.25) is 0 Å². The second-order valence-corrected chi connectivity index (χ2v) is 3.33. The number of hydrogen-bond donors (Lipinski definition) is 0. The fraction of sp³-hybridized carbons (Fsp3) is 0.273. The molecule has 0 radical (unpaired) electrons. The lowest BCUT2D eigenvalue weighted by Crippen LogP contribution is -1.95. The molecule has 5 heteroatoms. The molecule has 0 aliphatic heterocycles. The minimum Gasteiger partial charge on any atom is -0.497 e. The summed E-state index contributed by atoms with van der Waals surface area (Å²) in [7, 11) is 5.13. The van der Waals surface area contributed by atoms with Crippen LogP contribution in [0.15, 0.2) is 24.5 Å². The first-order valence-corrected chi connectivity index (χ1v) is 4.82. The van der Waals surface area contributed by atoms with Crippen molar-refractivity contribution in [2.45, 2.75) is 0 Å². The molecule has 0 aliphatic rings. The summed E-state index contributed by atoms with van der Waals surface area (Å²) >= 11 is 0. The van der Waals surface area contributed by atoms with Gasteiger partial charge in [-0.1, -0.05) is 0 Å². The van der Waals surface area contributed by atoms with E-state index in [9.17, 15) is 0 Å². The first kappa shape index (κ1) is 10.5. The molecule has 0 saturated heterocycles.